The summed E-state index contributed by atoms with van der Waals surface area (Å²) >= 11 is 0. The third-order valence-electron chi connectivity index (χ3n) is 2.73. The zero-order valence-corrected chi connectivity index (χ0v) is 8.68. The molecule has 0 aliphatic carbocycles. The van der Waals surface area contributed by atoms with E-state index in [4.69, 9.17) is 5.11 Å². The summed E-state index contributed by atoms with van der Waals surface area (Å²) in [5.41, 5.74) is 0.143. The fourth-order valence-electron chi connectivity index (χ4n) is 1.70. The molecule has 0 amide bonds. The van der Waals surface area contributed by atoms with Crippen molar-refractivity contribution in [2.45, 2.75) is 6.42 Å². The molecule has 2 rings (SSSR count). The first-order valence-corrected chi connectivity index (χ1v) is 4.97. The maximum Gasteiger partial charge on any atom is 0.352 e. The Labute approximate surface area is 87.9 Å². The predicted molar refractivity (Wildman–Crippen MR) is 56.2 cm³/mol. The molecule has 15 heavy (non-hydrogen) atoms. The van der Waals surface area contributed by atoms with Gasteiger partial charge in [-0.3, -0.25) is 0 Å². The molecule has 1 N–H and O–H groups in total. The normalized spacial score (nSPS) is 22.6. The molecule has 2 aliphatic heterocycles. The molecule has 0 saturated carbocycles. The summed E-state index contributed by atoms with van der Waals surface area (Å²) in [5, 5.41) is 16.3. The number of carboxylic acid groups (broad SMARTS) is 1. The molecular weight excluding hydrogens is 196 g/mol. The van der Waals surface area contributed by atoms with Crippen LogP contribution in [0.25, 0.3) is 0 Å². The summed E-state index contributed by atoms with van der Waals surface area (Å²) < 4.78 is 0. The minimum absolute atomic E-state index is 0.143. The van der Waals surface area contributed by atoms with Crippen LogP contribution in [0.15, 0.2) is 10.2 Å². The summed E-state index contributed by atoms with van der Waals surface area (Å²) in [4.78, 5) is 15.0. The van der Waals surface area contributed by atoms with E-state index in [9.17, 15) is 4.79 Å². The van der Waals surface area contributed by atoms with Gasteiger partial charge in [-0.25, -0.2) is 4.79 Å². The van der Waals surface area contributed by atoms with Crippen LogP contribution < -0.4 is 0 Å². The van der Waals surface area contributed by atoms with E-state index in [0.717, 1.165) is 32.0 Å². The molecule has 0 spiro atoms. The lowest BCUT2D eigenvalue weighted by Crippen LogP contribution is -2.47. The van der Waals surface area contributed by atoms with E-state index in [0.29, 0.717) is 6.42 Å². The molecule has 0 atom stereocenters. The second-order valence-corrected chi connectivity index (χ2v) is 3.84. The molecule has 6 nitrogen and oxygen atoms in total. The third-order valence-corrected chi connectivity index (χ3v) is 2.73. The monoisotopic (exact) mass is 210 g/mol. The SMILES string of the molecule is CN1CCN(C2=NN=C(C(=O)O)C2)CC1. The van der Waals surface area contributed by atoms with E-state index in [-0.39, 0.29) is 5.71 Å². The van der Waals surface area contributed by atoms with Gasteiger partial charge in [-0.1, -0.05) is 0 Å². The molecule has 1 fully saturated rings. The molecule has 0 unspecified atom stereocenters. The number of aliphatic carboxylic acids is 1. The van der Waals surface area contributed by atoms with Crippen LogP contribution in [-0.4, -0.2) is 65.6 Å². The second kappa shape index (κ2) is 3.98. The lowest BCUT2D eigenvalue weighted by Gasteiger charge is -2.33. The van der Waals surface area contributed by atoms with Gasteiger partial charge in [-0.05, 0) is 7.05 Å². The summed E-state index contributed by atoms with van der Waals surface area (Å²) in [6.45, 7) is 3.78. The van der Waals surface area contributed by atoms with Gasteiger partial charge in [0, 0.05) is 26.2 Å². The first kappa shape index (κ1) is 10.1. The number of nitrogens with zero attached hydrogens (tertiary/aromatic N) is 4. The van der Waals surface area contributed by atoms with Gasteiger partial charge in [0.15, 0.2) is 5.71 Å². The van der Waals surface area contributed by atoms with E-state index in [1.807, 2.05) is 0 Å². The Balaban J connectivity index is 1.90. The van der Waals surface area contributed by atoms with E-state index in [2.05, 4.69) is 27.1 Å². The number of carboxylic acids is 1. The van der Waals surface area contributed by atoms with Gasteiger partial charge in [0.1, 0.15) is 5.84 Å². The number of likely N-dealkylation sites (N-methyl/N-ethyl adjacent to an activating group) is 1. The topological polar surface area (TPSA) is 68.5 Å². The fourth-order valence-corrected chi connectivity index (χ4v) is 1.70. The van der Waals surface area contributed by atoms with Gasteiger partial charge in [-0.2, -0.15) is 0 Å². The van der Waals surface area contributed by atoms with Crippen molar-refractivity contribution >= 4 is 17.5 Å². The van der Waals surface area contributed by atoms with Gasteiger partial charge in [0.05, 0.1) is 6.42 Å². The van der Waals surface area contributed by atoms with Crippen molar-refractivity contribution in [1.29, 1.82) is 0 Å². The van der Waals surface area contributed by atoms with Gasteiger partial charge < -0.3 is 14.9 Å². The van der Waals surface area contributed by atoms with Crippen molar-refractivity contribution in [3.8, 4) is 0 Å². The Morgan fingerprint density at radius 2 is 1.93 bits per heavy atom. The van der Waals surface area contributed by atoms with Crippen LogP contribution in [0.1, 0.15) is 6.42 Å². The predicted octanol–water partition coefficient (Wildman–Crippen LogP) is -0.523. The lowest BCUT2D eigenvalue weighted by atomic mass is 10.2. The molecule has 1 saturated heterocycles. The zero-order chi connectivity index (χ0) is 10.8. The van der Waals surface area contributed by atoms with Gasteiger partial charge >= 0.3 is 5.97 Å². The average Bonchev–Trinajstić information content (AvgIpc) is 2.68. The summed E-state index contributed by atoms with van der Waals surface area (Å²) in [5.74, 6) is -0.177. The van der Waals surface area contributed by atoms with Crippen LogP contribution in [0.5, 0.6) is 0 Å². The summed E-state index contributed by atoms with van der Waals surface area (Å²) in [6, 6.07) is 0. The van der Waals surface area contributed by atoms with Crippen LogP contribution in [0.2, 0.25) is 0 Å². The molecule has 0 aromatic carbocycles. The lowest BCUT2D eigenvalue weighted by molar-refractivity contribution is -0.129. The van der Waals surface area contributed by atoms with Crippen molar-refractivity contribution in [3.05, 3.63) is 0 Å². The van der Waals surface area contributed by atoms with Crippen molar-refractivity contribution in [2.75, 3.05) is 33.2 Å². The minimum Gasteiger partial charge on any atom is -0.477 e. The van der Waals surface area contributed by atoms with Crippen LogP contribution in [0.4, 0.5) is 0 Å². The number of amidine groups is 1. The first-order chi connectivity index (χ1) is 7.16. The quantitative estimate of drug-likeness (QED) is 0.632. The van der Waals surface area contributed by atoms with Gasteiger partial charge in [-0.15, -0.1) is 10.2 Å². The highest BCUT2D eigenvalue weighted by atomic mass is 16.4. The smallest absolute Gasteiger partial charge is 0.352 e. The number of carbonyl (C=O) groups is 1. The zero-order valence-electron chi connectivity index (χ0n) is 8.68. The summed E-state index contributed by atoms with van der Waals surface area (Å²) in [6.07, 6.45) is 0.360. The van der Waals surface area contributed by atoms with Crippen LogP contribution in [0, 0.1) is 0 Å². The van der Waals surface area contributed by atoms with Crippen molar-refractivity contribution < 1.29 is 9.90 Å². The highest BCUT2D eigenvalue weighted by molar-refractivity contribution is 6.40. The van der Waals surface area contributed by atoms with E-state index < -0.39 is 5.97 Å². The standard InChI is InChI=1S/C9H14N4O2/c1-12-2-4-13(5-3-12)8-6-7(9(14)15)10-11-8/h2-6H2,1H3,(H,14,15). The maximum absolute atomic E-state index is 10.7. The first-order valence-electron chi connectivity index (χ1n) is 4.97. The van der Waals surface area contributed by atoms with Crippen LogP contribution in [-0.2, 0) is 4.79 Å². The van der Waals surface area contributed by atoms with Crippen molar-refractivity contribution in [2.24, 2.45) is 10.2 Å². The van der Waals surface area contributed by atoms with Gasteiger partial charge in [0.25, 0.3) is 0 Å². The van der Waals surface area contributed by atoms with Crippen LogP contribution in [0.3, 0.4) is 0 Å². The Hall–Kier alpha value is -1.43. The number of hydrogen-bond acceptors (Lipinski definition) is 5. The highest BCUT2D eigenvalue weighted by Crippen LogP contribution is 2.09. The number of hydrogen-bond donors (Lipinski definition) is 1. The third kappa shape index (κ3) is 2.15. The van der Waals surface area contributed by atoms with E-state index in [1.165, 1.54) is 0 Å². The van der Waals surface area contributed by atoms with E-state index in [1.54, 1.807) is 0 Å². The minimum atomic E-state index is -0.970. The Morgan fingerprint density at radius 3 is 2.47 bits per heavy atom. The molecule has 82 valence electrons. The van der Waals surface area contributed by atoms with Gasteiger partial charge in [0.2, 0.25) is 0 Å². The average molecular weight is 210 g/mol. The second-order valence-electron chi connectivity index (χ2n) is 3.84. The number of piperazine rings is 1. The molecule has 0 bridgehead atoms. The molecule has 2 heterocycles. The number of rotatable bonds is 1. The largest absolute Gasteiger partial charge is 0.477 e. The molecule has 6 heteroatoms. The molecule has 2 aliphatic rings. The molecular formula is C9H14N4O2. The molecule has 0 radical (unpaired) electrons. The Morgan fingerprint density at radius 1 is 1.27 bits per heavy atom. The van der Waals surface area contributed by atoms with E-state index >= 15 is 0 Å². The van der Waals surface area contributed by atoms with Crippen LogP contribution >= 0.6 is 0 Å². The van der Waals surface area contributed by atoms with Crippen molar-refractivity contribution in [3.63, 3.8) is 0 Å². The Bertz CT molecular complexity index is 329. The molecule has 0 aromatic heterocycles. The highest BCUT2D eigenvalue weighted by Gasteiger charge is 2.24. The maximum atomic E-state index is 10.7. The Kier molecular flexibility index (Phi) is 2.68. The fraction of sp³-hybridized carbons (Fsp3) is 0.667. The molecule has 0 aromatic rings. The van der Waals surface area contributed by atoms with Crippen molar-refractivity contribution in [1.82, 2.24) is 9.80 Å². The summed E-state index contributed by atoms with van der Waals surface area (Å²) in [7, 11) is 2.08.